The van der Waals surface area contributed by atoms with E-state index in [-0.39, 0.29) is 23.2 Å². The highest BCUT2D eigenvalue weighted by molar-refractivity contribution is 9.10. The molecule has 1 aromatic heterocycles. The van der Waals surface area contributed by atoms with Gasteiger partial charge in [-0.15, -0.1) is 0 Å². The molecule has 6 heteroatoms. The first-order valence-corrected chi connectivity index (χ1v) is 5.84. The van der Waals surface area contributed by atoms with Gasteiger partial charge in [-0.3, -0.25) is 9.78 Å². The minimum atomic E-state index is -2.68. The molecule has 0 saturated carbocycles. The van der Waals surface area contributed by atoms with E-state index in [1.807, 2.05) is 0 Å². The zero-order valence-electron chi connectivity index (χ0n) is 9.47. The first kappa shape index (κ1) is 14.0. The number of alkyl halides is 2. The lowest BCUT2D eigenvalue weighted by Crippen LogP contribution is -2.10. The predicted octanol–water partition coefficient (Wildman–Crippen LogP) is 3.20. The Morgan fingerprint density at radius 3 is 2.76 bits per heavy atom. The minimum absolute atomic E-state index is 0.0392. The van der Waals surface area contributed by atoms with Crippen molar-refractivity contribution in [1.82, 2.24) is 4.98 Å². The second-order valence-electron chi connectivity index (χ2n) is 3.40. The number of carbonyl (C=O) groups is 1. The van der Waals surface area contributed by atoms with E-state index in [1.54, 1.807) is 13.8 Å². The van der Waals surface area contributed by atoms with Crippen LogP contribution in [0.5, 0.6) is 0 Å². The van der Waals surface area contributed by atoms with Gasteiger partial charge in [0, 0.05) is 10.7 Å². The van der Waals surface area contributed by atoms with Crippen LogP contribution in [-0.4, -0.2) is 17.6 Å². The third-order valence-electron chi connectivity index (χ3n) is 2.20. The number of hydrogen-bond acceptors (Lipinski definition) is 3. The Hall–Kier alpha value is -1.04. The molecule has 0 aliphatic heterocycles. The van der Waals surface area contributed by atoms with Crippen LogP contribution in [0.1, 0.15) is 30.2 Å². The molecule has 94 valence electrons. The Balaban J connectivity index is 3.05. The topological polar surface area (TPSA) is 39.2 Å². The molecule has 0 N–H and O–H groups in total. The van der Waals surface area contributed by atoms with Crippen LogP contribution in [0.2, 0.25) is 0 Å². The van der Waals surface area contributed by atoms with E-state index in [0.717, 1.165) is 0 Å². The largest absolute Gasteiger partial charge is 0.466 e. The second-order valence-corrected chi connectivity index (χ2v) is 4.19. The third kappa shape index (κ3) is 3.46. The SMILES string of the molecule is CCOC(=O)Cc1c(C)cnc(C(F)F)c1Br. The Labute approximate surface area is 106 Å². The first-order valence-electron chi connectivity index (χ1n) is 5.05. The van der Waals surface area contributed by atoms with Crippen molar-refractivity contribution in [3.05, 3.63) is 27.5 Å². The van der Waals surface area contributed by atoms with Gasteiger partial charge < -0.3 is 4.74 Å². The van der Waals surface area contributed by atoms with Crippen molar-refractivity contribution in [2.45, 2.75) is 26.7 Å². The third-order valence-corrected chi connectivity index (χ3v) is 3.08. The van der Waals surface area contributed by atoms with Crippen LogP contribution >= 0.6 is 15.9 Å². The zero-order valence-corrected chi connectivity index (χ0v) is 11.1. The molecule has 0 atom stereocenters. The maximum Gasteiger partial charge on any atom is 0.310 e. The van der Waals surface area contributed by atoms with Gasteiger partial charge in [0.2, 0.25) is 0 Å². The standard InChI is InChI=1S/C11H12BrF2NO2/c1-3-17-8(16)4-7-6(2)5-15-10(9(7)12)11(13)14/h5,11H,3-4H2,1-2H3. The van der Waals surface area contributed by atoms with Gasteiger partial charge in [-0.2, -0.15) is 0 Å². The Kier molecular flexibility index (Phi) is 4.99. The number of rotatable bonds is 4. The summed E-state index contributed by atoms with van der Waals surface area (Å²) in [4.78, 5) is 15.0. The summed E-state index contributed by atoms with van der Waals surface area (Å²) in [5, 5.41) is 0. The van der Waals surface area contributed by atoms with E-state index in [0.29, 0.717) is 11.1 Å². The average molecular weight is 308 g/mol. The Morgan fingerprint density at radius 1 is 1.59 bits per heavy atom. The van der Waals surface area contributed by atoms with Gasteiger partial charge in [0.1, 0.15) is 5.69 Å². The summed E-state index contributed by atoms with van der Waals surface area (Å²) in [5.41, 5.74) is 0.818. The maximum atomic E-state index is 12.6. The molecule has 0 aliphatic carbocycles. The summed E-state index contributed by atoms with van der Waals surface area (Å²) in [5.74, 6) is -0.442. The molecule has 1 heterocycles. The van der Waals surface area contributed by atoms with Crippen molar-refractivity contribution in [2.75, 3.05) is 6.61 Å². The molecule has 0 aromatic carbocycles. The van der Waals surface area contributed by atoms with Crippen molar-refractivity contribution >= 4 is 21.9 Å². The average Bonchev–Trinajstić information content (AvgIpc) is 2.24. The summed E-state index contributed by atoms with van der Waals surface area (Å²) < 4.78 is 30.2. The fourth-order valence-corrected chi connectivity index (χ4v) is 2.08. The van der Waals surface area contributed by atoms with Crippen molar-refractivity contribution < 1.29 is 18.3 Å². The van der Waals surface area contributed by atoms with Gasteiger partial charge in [-0.05, 0) is 40.9 Å². The van der Waals surface area contributed by atoms with Crippen LogP contribution in [0.15, 0.2) is 10.7 Å². The van der Waals surface area contributed by atoms with Gasteiger partial charge in [0.15, 0.2) is 0 Å². The fraction of sp³-hybridized carbons (Fsp3) is 0.455. The normalized spacial score (nSPS) is 10.7. The molecule has 0 saturated heterocycles. The quantitative estimate of drug-likeness (QED) is 0.802. The van der Waals surface area contributed by atoms with Crippen molar-refractivity contribution in [3.63, 3.8) is 0 Å². The van der Waals surface area contributed by atoms with E-state index in [4.69, 9.17) is 4.74 Å². The van der Waals surface area contributed by atoms with E-state index >= 15 is 0 Å². The van der Waals surface area contributed by atoms with E-state index in [2.05, 4.69) is 20.9 Å². The number of aromatic nitrogens is 1. The molecule has 0 unspecified atom stereocenters. The van der Waals surface area contributed by atoms with E-state index in [9.17, 15) is 13.6 Å². The summed E-state index contributed by atoms with van der Waals surface area (Å²) >= 11 is 3.06. The first-order chi connectivity index (χ1) is 7.97. The van der Waals surface area contributed by atoms with Crippen LogP contribution < -0.4 is 0 Å². The number of carbonyl (C=O) groups excluding carboxylic acids is 1. The van der Waals surface area contributed by atoms with E-state index in [1.165, 1.54) is 6.20 Å². The van der Waals surface area contributed by atoms with Crippen LogP contribution in [0.25, 0.3) is 0 Å². The number of ether oxygens (including phenoxy) is 1. The monoisotopic (exact) mass is 307 g/mol. The number of pyridine rings is 1. The Morgan fingerprint density at radius 2 is 2.24 bits per heavy atom. The molecule has 17 heavy (non-hydrogen) atoms. The highest BCUT2D eigenvalue weighted by Crippen LogP contribution is 2.30. The molecular weight excluding hydrogens is 296 g/mol. The van der Waals surface area contributed by atoms with Crippen molar-refractivity contribution in [1.29, 1.82) is 0 Å². The molecule has 1 rings (SSSR count). The number of aryl methyl sites for hydroxylation is 1. The van der Waals surface area contributed by atoms with Gasteiger partial charge >= 0.3 is 5.97 Å². The summed E-state index contributed by atoms with van der Waals surface area (Å²) in [7, 11) is 0. The van der Waals surface area contributed by atoms with Crippen LogP contribution in [-0.2, 0) is 16.0 Å². The number of nitrogens with zero attached hydrogens (tertiary/aromatic N) is 1. The fourth-order valence-electron chi connectivity index (χ4n) is 1.35. The molecule has 0 spiro atoms. The van der Waals surface area contributed by atoms with Crippen LogP contribution in [0.4, 0.5) is 8.78 Å². The molecule has 0 bridgehead atoms. The summed E-state index contributed by atoms with van der Waals surface area (Å²) in [6.07, 6.45) is -1.38. The molecule has 0 aliphatic rings. The molecule has 0 radical (unpaired) electrons. The number of hydrogen-bond donors (Lipinski definition) is 0. The Bertz CT molecular complexity index is 424. The lowest BCUT2D eigenvalue weighted by molar-refractivity contribution is -0.142. The molecule has 3 nitrogen and oxygen atoms in total. The lowest BCUT2D eigenvalue weighted by Gasteiger charge is -2.11. The van der Waals surface area contributed by atoms with Crippen LogP contribution in [0.3, 0.4) is 0 Å². The molecular formula is C11H12BrF2NO2. The second kappa shape index (κ2) is 6.05. The molecule has 1 aromatic rings. The van der Waals surface area contributed by atoms with E-state index < -0.39 is 12.4 Å². The minimum Gasteiger partial charge on any atom is -0.466 e. The van der Waals surface area contributed by atoms with Gasteiger partial charge in [-0.1, -0.05) is 0 Å². The predicted molar refractivity (Wildman–Crippen MR) is 62.0 cm³/mol. The summed E-state index contributed by atoms with van der Waals surface area (Å²) in [6, 6.07) is 0. The molecule has 0 amide bonds. The van der Waals surface area contributed by atoms with Gasteiger partial charge in [-0.25, -0.2) is 8.78 Å². The smallest absolute Gasteiger partial charge is 0.310 e. The number of esters is 1. The van der Waals surface area contributed by atoms with Gasteiger partial charge in [0.05, 0.1) is 13.0 Å². The zero-order chi connectivity index (χ0) is 13.0. The number of halogens is 3. The maximum absolute atomic E-state index is 12.6. The van der Waals surface area contributed by atoms with Crippen molar-refractivity contribution in [3.8, 4) is 0 Å². The lowest BCUT2D eigenvalue weighted by atomic mass is 10.1. The van der Waals surface area contributed by atoms with Gasteiger partial charge in [0.25, 0.3) is 6.43 Å². The van der Waals surface area contributed by atoms with Crippen molar-refractivity contribution in [2.24, 2.45) is 0 Å². The summed E-state index contributed by atoms with van der Waals surface area (Å²) in [6.45, 7) is 3.67. The van der Waals surface area contributed by atoms with Crippen LogP contribution in [0, 0.1) is 6.92 Å². The highest BCUT2D eigenvalue weighted by Gasteiger charge is 2.19. The molecule has 0 fully saturated rings. The highest BCUT2D eigenvalue weighted by atomic mass is 79.9.